The fourth-order valence-electron chi connectivity index (χ4n) is 2.21. The van der Waals surface area contributed by atoms with Crippen LogP contribution in [0.1, 0.15) is 44.4 Å². The first-order valence-corrected chi connectivity index (χ1v) is 6.35. The number of nitro groups is 1. The van der Waals surface area contributed by atoms with E-state index in [1.165, 1.54) is 0 Å². The van der Waals surface area contributed by atoms with E-state index in [0.717, 1.165) is 18.7 Å². The van der Waals surface area contributed by atoms with E-state index in [1.807, 2.05) is 6.92 Å². The van der Waals surface area contributed by atoms with Crippen LogP contribution in [0.2, 0.25) is 0 Å². The van der Waals surface area contributed by atoms with E-state index in [0.29, 0.717) is 5.56 Å². The van der Waals surface area contributed by atoms with Crippen LogP contribution in [-0.2, 0) is 0 Å². The van der Waals surface area contributed by atoms with Gasteiger partial charge in [0, 0.05) is 29.8 Å². The SMILES string of the molecule is CCNC(C)C(CC)c1cc([N+](=O)[O-])c(C)cn1. The molecule has 0 aliphatic rings. The minimum Gasteiger partial charge on any atom is -0.314 e. The average molecular weight is 251 g/mol. The summed E-state index contributed by atoms with van der Waals surface area (Å²) in [5.41, 5.74) is 1.56. The lowest BCUT2D eigenvalue weighted by Crippen LogP contribution is -2.32. The molecule has 5 nitrogen and oxygen atoms in total. The summed E-state index contributed by atoms with van der Waals surface area (Å²) in [6.45, 7) is 8.81. The average Bonchev–Trinajstić information content (AvgIpc) is 2.32. The summed E-state index contributed by atoms with van der Waals surface area (Å²) in [4.78, 5) is 15.0. The van der Waals surface area contributed by atoms with E-state index >= 15 is 0 Å². The van der Waals surface area contributed by atoms with Crippen LogP contribution >= 0.6 is 0 Å². The third-order valence-electron chi connectivity index (χ3n) is 3.24. The van der Waals surface area contributed by atoms with Crippen LogP contribution in [0, 0.1) is 17.0 Å². The van der Waals surface area contributed by atoms with Gasteiger partial charge in [-0.1, -0.05) is 13.8 Å². The number of rotatable bonds is 6. The largest absolute Gasteiger partial charge is 0.314 e. The van der Waals surface area contributed by atoms with Crippen molar-refractivity contribution in [3.8, 4) is 0 Å². The van der Waals surface area contributed by atoms with Gasteiger partial charge in [-0.3, -0.25) is 15.1 Å². The van der Waals surface area contributed by atoms with Gasteiger partial charge in [-0.15, -0.1) is 0 Å². The number of pyridine rings is 1. The van der Waals surface area contributed by atoms with Gasteiger partial charge < -0.3 is 5.32 Å². The maximum absolute atomic E-state index is 10.9. The highest BCUT2D eigenvalue weighted by molar-refractivity contribution is 5.39. The molecular formula is C13H21N3O2. The van der Waals surface area contributed by atoms with E-state index in [4.69, 9.17) is 0 Å². The summed E-state index contributed by atoms with van der Waals surface area (Å²) in [6, 6.07) is 1.87. The molecule has 5 heteroatoms. The number of hydrogen-bond acceptors (Lipinski definition) is 4. The molecule has 0 saturated heterocycles. The predicted molar refractivity (Wildman–Crippen MR) is 71.8 cm³/mol. The van der Waals surface area contributed by atoms with Crippen LogP contribution in [0.5, 0.6) is 0 Å². The Morgan fingerprint density at radius 2 is 2.17 bits per heavy atom. The lowest BCUT2D eigenvalue weighted by atomic mass is 9.93. The molecular weight excluding hydrogens is 230 g/mol. The van der Waals surface area contributed by atoms with Crippen molar-refractivity contribution >= 4 is 5.69 Å². The lowest BCUT2D eigenvalue weighted by molar-refractivity contribution is -0.385. The highest BCUT2D eigenvalue weighted by Gasteiger charge is 2.21. The normalized spacial score (nSPS) is 14.2. The van der Waals surface area contributed by atoms with Crippen molar-refractivity contribution in [3.63, 3.8) is 0 Å². The van der Waals surface area contributed by atoms with Crippen LogP contribution in [0.4, 0.5) is 5.69 Å². The minimum absolute atomic E-state index is 0.155. The molecule has 0 fully saturated rings. The summed E-state index contributed by atoms with van der Waals surface area (Å²) in [5.74, 6) is 0.198. The summed E-state index contributed by atoms with van der Waals surface area (Å²) in [6.07, 6.45) is 2.50. The van der Waals surface area contributed by atoms with Gasteiger partial charge in [-0.2, -0.15) is 0 Å². The topological polar surface area (TPSA) is 68.1 Å². The van der Waals surface area contributed by atoms with Crippen molar-refractivity contribution in [1.82, 2.24) is 10.3 Å². The molecule has 0 aromatic carbocycles. The fourth-order valence-corrected chi connectivity index (χ4v) is 2.21. The molecule has 18 heavy (non-hydrogen) atoms. The molecule has 1 rings (SSSR count). The number of likely N-dealkylation sites (N-methyl/N-ethyl adjacent to an activating group) is 1. The number of aromatic nitrogens is 1. The van der Waals surface area contributed by atoms with Crippen LogP contribution in [0.25, 0.3) is 0 Å². The number of hydrogen-bond donors (Lipinski definition) is 1. The number of nitrogens with zero attached hydrogens (tertiary/aromatic N) is 2. The Labute approximate surface area is 108 Å². The van der Waals surface area contributed by atoms with Crippen LogP contribution in [0.15, 0.2) is 12.3 Å². The highest BCUT2D eigenvalue weighted by Crippen LogP contribution is 2.26. The molecule has 0 aliphatic carbocycles. The zero-order valence-electron chi connectivity index (χ0n) is 11.4. The molecule has 2 atom stereocenters. The Hall–Kier alpha value is -1.49. The van der Waals surface area contributed by atoms with Crippen molar-refractivity contribution < 1.29 is 4.92 Å². The van der Waals surface area contributed by atoms with Crippen molar-refractivity contribution in [1.29, 1.82) is 0 Å². The maximum Gasteiger partial charge on any atom is 0.275 e. The Bertz CT molecular complexity index is 421. The van der Waals surface area contributed by atoms with Gasteiger partial charge in [-0.05, 0) is 26.8 Å². The van der Waals surface area contributed by atoms with Crippen LogP contribution in [0.3, 0.4) is 0 Å². The quantitative estimate of drug-likeness (QED) is 0.623. The number of nitrogens with one attached hydrogen (secondary N) is 1. The Kier molecular flexibility index (Phi) is 5.22. The Morgan fingerprint density at radius 3 is 2.67 bits per heavy atom. The molecule has 0 aliphatic heterocycles. The molecule has 1 heterocycles. The van der Waals surface area contributed by atoms with Crippen molar-refractivity contribution in [3.05, 3.63) is 33.6 Å². The molecule has 0 radical (unpaired) electrons. The summed E-state index contributed by atoms with van der Waals surface area (Å²) >= 11 is 0. The zero-order valence-corrected chi connectivity index (χ0v) is 11.4. The van der Waals surface area contributed by atoms with Crippen LogP contribution < -0.4 is 5.32 Å². The highest BCUT2D eigenvalue weighted by atomic mass is 16.6. The first kappa shape index (κ1) is 14.6. The van der Waals surface area contributed by atoms with Gasteiger partial charge in [0.05, 0.1) is 10.6 Å². The van der Waals surface area contributed by atoms with E-state index in [2.05, 4.69) is 24.1 Å². The monoisotopic (exact) mass is 251 g/mol. The summed E-state index contributed by atoms with van der Waals surface area (Å²) < 4.78 is 0. The smallest absolute Gasteiger partial charge is 0.275 e. The predicted octanol–water partition coefficient (Wildman–Crippen LogP) is 2.79. The molecule has 1 N–H and O–H groups in total. The molecule has 0 saturated carbocycles. The molecule has 100 valence electrons. The minimum atomic E-state index is -0.342. The summed E-state index contributed by atoms with van der Waals surface area (Å²) in [5, 5.41) is 14.3. The van der Waals surface area contributed by atoms with E-state index in [-0.39, 0.29) is 22.6 Å². The second-order valence-electron chi connectivity index (χ2n) is 4.51. The fraction of sp³-hybridized carbons (Fsp3) is 0.615. The van der Waals surface area contributed by atoms with Gasteiger partial charge in [-0.25, -0.2) is 0 Å². The van der Waals surface area contributed by atoms with E-state index in [1.54, 1.807) is 19.2 Å². The standard InChI is InChI=1S/C13H21N3O2/c1-5-11(10(4)14-6-2)12-7-13(16(17)18)9(3)8-15-12/h7-8,10-11,14H,5-6H2,1-4H3. The Balaban J connectivity index is 3.07. The van der Waals surface area contributed by atoms with E-state index < -0.39 is 0 Å². The molecule has 0 spiro atoms. The third kappa shape index (κ3) is 3.26. The van der Waals surface area contributed by atoms with E-state index in [9.17, 15) is 10.1 Å². The van der Waals surface area contributed by atoms with Gasteiger partial charge in [0.25, 0.3) is 5.69 Å². The van der Waals surface area contributed by atoms with Gasteiger partial charge in [0.15, 0.2) is 0 Å². The summed E-state index contributed by atoms with van der Waals surface area (Å²) in [7, 11) is 0. The van der Waals surface area contributed by atoms with Crippen molar-refractivity contribution in [2.45, 2.75) is 46.1 Å². The van der Waals surface area contributed by atoms with Crippen LogP contribution in [-0.4, -0.2) is 22.5 Å². The lowest BCUT2D eigenvalue weighted by Gasteiger charge is -2.22. The zero-order chi connectivity index (χ0) is 13.7. The third-order valence-corrected chi connectivity index (χ3v) is 3.24. The molecule has 1 aromatic heterocycles. The first-order valence-electron chi connectivity index (χ1n) is 6.35. The molecule has 0 amide bonds. The second kappa shape index (κ2) is 6.44. The van der Waals surface area contributed by atoms with Gasteiger partial charge in [0.2, 0.25) is 0 Å². The first-order chi connectivity index (χ1) is 8.51. The van der Waals surface area contributed by atoms with Gasteiger partial charge >= 0.3 is 0 Å². The molecule has 0 bridgehead atoms. The van der Waals surface area contributed by atoms with Crippen molar-refractivity contribution in [2.24, 2.45) is 0 Å². The van der Waals surface area contributed by atoms with Crippen molar-refractivity contribution in [2.75, 3.05) is 6.54 Å². The van der Waals surface area contributed by atoms with Gasteiger partial charge in [0.1, 0.15) is 0 Å². The number of aryl methyl sites for hydroxylation is 1. The molecule has 2 unspecified atom stereocenters. The second-order valence-corrected chi connectivity index (χ2v) is 4.51. The Morgan fingerprint density at radius 1 is 1.50 bits per heavy atom. The molecule has 1 aromatic rings. The maximum atomic E-state index is 10.9.